The van der Waals surface area contributed by atoms with Gasteiger partial charge in [-0.3, -0.25) is 9.59 Å². The standard InChI is InChI=1S/C25H28N2O4/c1-16-6-5-7-21(12-16)27-17(2)13-23(18(27)3)24(29)26-15-20(25(30)31-4)14-19-8-10-22(28)11-9-19/h5-13,20,28H,14-15H2,1-4H3,(H,26,29). The number of carbonyl (C=O) groups excluding carboxylic acids is 2. The fourth-order valence-corrected chi connectivity index (χ4v) is 3.79. The Bertz CT molecular complexity index is 1080. The minimum absolute atomic E-state index is 0.153. The third-order valence-corrected chi connectivity index (χ3v) is 5.40. The van der Waals surface area contributed by atoms with Crippen LogP contribution in [0.15, 0.2) is 54.6 Å². The quantitative estimate of drug-likeness (QED) is 0.569. The molecule has 0 radical (unpaired) electrons. The van der Waals surface area contributed by atoms with Gasteiger partial charge in [0.15, 0.2) is 0 Å². The number of esters is 1. The van der Waals surface area contributed by atoms with Crippen molar-refractivity contribution in [2.45, 2.75) is 27.2 Å². The van der Waals surface area contributed by atoms with Crippen LogP contribution in [0.25, 0.3) is 5.69 Å². The van der Waals surface area contributed by atoms with Gasteiger partial charge in [-0.1, -0.05) is 24.3 Å². The smallest absolute Gasteiger partial charge is 0.310 e. The number of aryl methyl sites for hydroxylation is 2. The number of nitrogens with one attached hydrogen (secondary N) is 1. The fraction of sp³-hybridized carbons (Fsp3) is 0.280. The number of methoxy groups -OCH3 is 1. The summed E-state index contributed by atoms with van der Waals surface area (Å²) in [5.41, 5.74) is 5.41. The number of phenols is 1. The average molecular weight is 421 g/mol. The molecule has 2 N–H and O–H groups in total. The first kappa shape index (κ1) is 22.2. The SMILES string of the molecule is COC(=O)C(CNC(=O)c1cc(C)n(-c2cccc(C)c2)c1C)Cc1ccc(O)cc1. The van der Waals surface area contributed by atoms with Crippen LogP contribution in [0, 0.1) is 26.7 Å². The molecule has 1 heterocycles. The van der Waals surface area contributed by atoms with Crippen LogP contribution in [0.4, 0.5) is 0 Å². The number of rotatable bonds is 7. The van der Waals surface area contributed by atoms with Gasteiger partial charge in [-0.15, -0.1) is 0 Å². The predicted octanol–water partition coefficient (Wildman–Crippen LogP) is 3.87. The minimum Gasteiger partial charge on any atom is -0.508 e. The Morgan fingerprint density at radius 2 is 1.77 bits per heavy atom. The summed E-state index contributed by atoms with van der Waals surface area (Å²) >= 11 is 0. The van der Waals surface area contributed by atoms with E-state index in [1.54, 1.807) is 24.3 Å². The second-order valence-electron chi connectivity index (χ2n) is 7.76. The van der Waals surface area contributed by atoms with E-state index in [0.717, 1.165) is 28.2 Å². The molecule has 3 aromatic rings. The second-order valence-corrected chi connectivity index (χ2v) is 7.76. The molecule has 0 fully saturated rings. The molecule has 0 aliphatic heterocycles. The van der Waals surface area contributed by atoms with Crippen LogP contribution in [0.3, 0.4) is 0 Å². The van der Waals surface area contributed by atoms with Gasteiger partial charge in [0.25, 0.3) is 5.91 Å². The second kappa shape index (κ2) is 9.51. The zero-order chi connectivity index (χ0) is 22.5. The molecule has 0 spiro atoms. The Morgan fingerprint density at radius 1 is 1.06 bits per heavy atom. The van der Waals surface area contributed by atoms with Crippen molar-refractivity contribution >= 4 is 11.9 Å². The van der Waals surface area contributed by atoms with Crippen molar-refractivity contribution in [3.63, 3.8) is 0 Å². The largest absolute Gasteiger partial charge is 0.508 e. The van der Waals surface area contributed by atoms with Crippen LogP contribution in [-0.2, 0) is 16.0 Å². The number of hydrogen-bond acceptors (Lipinski definition) is 4. The zero-order valence-electron chi connectivity index (χ0n) is 18.3. The molecule has 0 saturated heterocycles. The lowest BCUT2D eigenvalue weighted by Gasteiger charge is -2.16. The summed E-state index contributed by atoms with van der Waals surface area (Å²) in [5.74, 6) is -0.986. The van der Waals surface area contributed by atoms with Crippen LogP contribution in [0.2, 0.25) is 0 Å². The van der Waals surface area contributed by atoms with Crippen LogP contribution < -0.4 is 5.32 Å². The van der Waals surface area contributed by atoms with Gasteiger partial charge in [0.2, 0.25) is 0 Å². The molecular formula is C25H28N2O4. The van der Waals surface area contributed by atoms with Crippen LogP contribution in [-0.4, -0.2) is 35.2 Å². The van der Waals surface area contributed by atoms with Crippen molar-refractivity contribution in [1.82, 2.24) is 9.88 Å². The number of benzene rings is 2. The number of phenolic OH excluding ortho intramolecular Hbond substituents is 1. The van der Waals surface area contributed by atoms with Crippen molar-refractivity contribution in [3.8, 4) is 11.4 Å². The summed E-state index contributed by atoms with van der Waals surface area (Å²) in [7, 11) is 1.34. The molecule has 1 unspecified atom stereocenters. The van der Waals surface area contributed by atoms with Gasteiger partial charge in [0.1, 0.15) is 5.75 Å². The van der Waals surface area contributed by atoms with E-state index in [2.05, 4.69) is 16.0 Å². The first-order chi connectivity index (χ1) is 14.8. The zero-order valence-corrected chi connectivity index (χ0v) is 18.3. The Morgan fingerprint density at radius 3 is 2.42 bits per heavy atom. The summed E-state index contributed by atoms with van der Waals surface area (Å²) in [5, 5.41) is 12.3. The Hall–Kier alpha value is -3.54. The summed E-state index contributed by atoms with van der Waals surface area (Å²) in [4.78, 5) is 25.2. The maximum absolute atomic E-state index is 12.9. The molecule has 2 aromatic carbocycles. The van der Waals surface area contributed by atoms with Crippen LogP contribution in [0.5, 0.6) is 5.75 Å². The van der Waals surface area contributed by atoms with Crippen molar-refractivity contribution in [3.05, 3.63) is 82.7 Å². The fourth-order valence-electron chi connectivity index (χ4n) is 3.79. The molecule has 6 nitrogen and oxygen atoms in total. The predicted molar refractivity (Wildman–Crippen MR) is 120 cm³/mol. The minimum atomic E-state index is -0.529. The molecule has 1 aromatic heterocycles. The summed E-state index contributed by atoms with van der Waals surface area (Å²) in [6.07, 6.45) is 0.398. The number of aromatic hydroxyl groups is 1. The maximum Gasteiger partial charge on any atom is 0.310 e. The van der Waals surface area contributed by atoms with E-state index >= 15 is 0 Å². The molecule has 1 amide bonds. The number of carbonyl (C=O) groups is 2. The summed E-state index contributed by atoms with van der Waals surface area (Å²) in [6.45, 7) is 6.07. The van der Waals surface area contributed by atoms with Gasteiger partial charge in [0.05, 0.1) is 18.6 Å². The lowest BCUT2D eigenvalue weighted by atomic mass is 9.99. The number of aromatic nitrogens is 1. The van der Waals surface area contributed by atoms with Gasteiger partial charge in [-0.2, -0.15) is 0 Å². The Labute approximate surface area is 182 Å². The van der Waals surface area contributed by atoms with Crippen molar-refractivity contribution < 1.29 is 19.4 Å². The molecule has 6 heteroatoms. The highest BCUT2D eigenvalue weighted by Crippen LogP contribution is 2.22. The lowest BCUT2D eigenvalue weighted by molar-refractivity contribution is -0.145. The van der Waals surface area contributed by atoms with E-state index < -0.39 is 11.9 Å². The van der Waals surface area contributed by atoms with Crippen molar-refractivity contribution in [1.29, 1.82) is 0 Å². The topological polar surface area (TPSA) is 80.6 Å². The van der Waals surface area contributed by atoms with E-state index in [9.17, 15) is 14.7 Å². The van der Waals surface area contributed by atoms with E-state index in [-0.39, 0.29) is 18.2 Å². The maximum atomic E-state index is 12.9. The third-order valence-electron chi connectivity index (χ3n) is 5.40. The van der Waals surface area contributed by atoms with E-state index in [0.29, 0.717) is 12.0 Å². The van der Waals surface area contributed by atoms with E-state index in [1.165, 1.54) is 7.11 Å². The van der Waals surface area contributed by atoms with E-state index in [1.807, 2.05) is 45.0 Å². The Kier molecular flexibility index (Phi) is 6.80. The normalized spacial score (nSPS) is 11.7. The van der Waals surface area contributed by atoms with Gasteiger partial charge >= 0.3 is 5.97 Å². The molecule has 0 bridgehead atoms. The van der Waals surface area contributed by atoms with Crippen LogP contribution >= 0.6 is 0 Å². The molecule has 3 rings (SSSR count). The van der Waals surface area contributed by atoms with Gasteiger partial charge in [-0.05, 0) is 68.7 Å². The molecule has 0 saturated carbocycles. The summed E-state index contributed by atoms with van der Waals surface area (Å²) in [6, 6.07) is 16.6. The first-order valence-electron chi connectivity index (χ1n) is 10.2. The Balaban J connectivity index is 1.76. The molecule has 162 valence electrons. The van der Waals surface area contributed by atoms with Crippen molar-refractivity contribution in [2.24, 2.45) is 5.92 Å². The highest BCUT2D eigenvalue weighted by molar-refractivity contribution is 5.96. The molecule has 1 atom stereocenters. The van der Waals surface area contributed by atoms with E-state index in [4.69, 9.17) is 4.74 Å². The number of ether oxygens (including phenoxy) is 1. The average Bonchev–Trinajstić information content (AvgIpc) is 3.05. The van der Waals surface area contributed by atoms with Gasteiger partial charge in [-0.25, -0.2) is 0 Å². The van der Waals surface area contributed by atoms with Gasteiger partial charge < -0.3 is 19.7 Å². The first-order valence-corrected chi connectivity index (χ1v) is 10.2. The highest BCUT2D eigenvalue weighted by atomic mass is 16.5. The lowest BCUT2D eigenvalue weighted by Crippen LogP contribution is -2.35. The molecule has 31 heavy (non-hydrogen) atoms. The van der Waals surface area contributed by atoms with Crippen LogP contribution in [0.1, 0.15) is 32.9 Å². The van der Waals surface area contributed by atoms with Crippen molar-refractivity contribution in [2.75, 3.05) is 13.7 Å². The number of amides is 1. The monoisotopic (exact) mass is 420 g/mol. The number of nitrogens with zero attached hydrogens (tertiary/aromatic N) is 1. The third kappa shape index (κ3) is 5.15. The summed E-state index contributed by atoms with van der Waals surface area (Å²) < 4.78 is 6.97. The van der Waals surface area contributed by atoms with Gasteiger partial charge in [0, 0.05) is 23.6 Å². The molecule has 0 aliphatic carbocycles. The number of hydrogen-bond donors (Lipinski definition) is 2. The molecular weight excluding hydrogens is 392 g/mol. The molecule has 0 aliphatic rings. The highest BCUT2D eigenvalue weighted by Gasteiger charge is 2.23.